The largest absolute Gasteiger partial charge is 0.508 e. The van der Waals surface area contributed by atoms with Gasteiger partial charge in [0.25, 0.3) is 0 Å². The third kappa shape index (κ3) is 3.11. The van der Waals surface area contributed by atoms with E-state index in [1.165, 1.54) is 0 Å². The van der Waals surface area contributed by atoms with Crippen LogP contribution in [0.2, 0.25) is 0 Å². The van der Waals surface area contributed by atoms with Crippen molar-refractivity contribution in [2.45, 2.75) is 26.3 Å². The van der Waals surface area contributed by atoms with Gasteiger partial charge in [0, 0.05) is 36.5 Å². The van der Waals surface area contributed by atoms with Crippen molar-refractivity contribution in [3.05, 3.63) is 47.5 Å². The average molecular weight is 245 g/mol. The number of benzene rings is 1. The number of aryl methyl sites for hydroxylation is 1. The molecule has 0 fully saturated rings. The van der Waals surface area contributed by atoms with Crippen molar-refractivity contribution in [2.75, 3.05) is 6.54 Å². The predicted octanol–water partition coefficient (Wildman–Crippen LogP) is 2.32. The van der Waals surface area contributed by atoms with E-state index in [1.54, 1.807) is 12.4 Å². The van der Waals surface area contributed by atoms with E-state index in [0.29, 0.717) is 5.75 Å². The van der Waals surface area contributed by atoms with Gasteiger partial charge >= 0.3 is 0 Å². The number of aromatic nitrogens is 2. The SMILES string of the molecule is Cc1ccc(C(C)NCCc2cnc[nH]2)c(O)c1. The molecular formula is C14H19N3O. The summed E-state index contributed by atoms with van der Waals surface area (Å²) >= 11 is 0. The lowest BCUT2D eigenvalue weighted by Gasteiger charge is -2.15. The molecule has 0 saturated carbocycles. The highest BCUT2D eigenvalue weighted by atomic mass is 16.3. The third-order valence-electron chi connectivity index (χ3n) is 3.05. The first-order valence-corrected chi connectivity index (χ1v) is 6.17. The zero-order valence-corrected chi connectivity index (χ0v) is 10.8. The molecule has 0 bridgehead atoms. The van der Waals surface area contributed by atoms with E-state index >= 15 is 0 Å². The van der Waals surface area contributed by atoms with E-state index in [4.69, 9.17) is 0 Å². The second kappa shape index (κ2) is 5.69. The van der Waals surface area contributed by atoms with E-state index in [2.05, 4.69) is 22.2 Å². The first-order chi connectivity index (χ1) is 8.66. The number of aromatic amines is 1. The minimum Gasteiger partial charge on any atom is -0.508 e. The molecule has 2 aromatic rings. The molecule has 0 aliphatic rings. The fourth-order valence-electron chi connectivity index (χ4n) is 1.97. The number of hydrogen-bond donors (Lipinski definition) is 3. The van der Waals surface area contributed by atoms with Crippen LogP contribution >= 0.6 is 0 Å². The number of H-pyrrole nitrogens is 1. The summed E-state index contributed by atoms with van der Waals surface area (Å²) in [7, 11) is 0. The van der Waals surface area contributed by atoms with Gasteiger partial charge in [0.05, 0.1) is 6.33 Å². The summed E-state index contributed by atoms with van der Waals surface area (Å²) in [4.78, 5) is 7.05. The van der Waals surface area contributed by atoms with Gasteiger partial charge in [-0.3, -0.25) is 0 Å². The highest BCUT2D eigenvalue weighted by Crippen LogP contribution is 2.24. The van der Waals surface area contributed by atoms with Crippen molar-refractivity contribution in [3.63, 3.8) is 0 Å². The van der Waals surface area contributed by atoms with Crippen molar-refractivity contribution in [3.8, 4) is 5.75 Å². The van der Waals surface area contributed by atoms with E-state index < -0.39 is 0 Å². The summed E-state index contributed by atoms with van der Waals surface area (Å²) in [5.41, 5.74) is 3.12. The molecule has 0 radical (unpaired) electrons. The lowest BCUT2D eigenvalue weighted by molar-refractivity contribution is 0.452. The van der Waals surface area contributed by atoms with E-state index in [9.17, 15) is 5.11 Å². The molecule has 2 rings (SSSR count). The Balaban J connectivity index is 1.89. The summed E-state index contributed by atoms with van der Waals surface area (Å²) in [6.07, 6.45) is 4.41. The molecule has 0 saturated heterocycles. The molecule has 96 valence electrons. The van der Waals surface area contributed by atoms with Gasteiger partial charge in [-0.05, 0) is 25.5 Å². The molecule has 4 heteroatoms. The maximum atomic E-state index is 9.89. The van der Waals surface area contributed by atoms with Crippen molar-refractivity contribution in [2.24, 2.45) is 0 Å². The maximum absolute atomic E-state index is 9.89. The second-order valence-corrected chi connectivity index (χ2v) is 4.56. The number of aromatic hydroxyl groups is 1. The summed E-state index contributed by atoms with van der Waals surface area (Å²) in [5.74, 6) is 0.358. The van der Waals surface area contributed by atoms with E-state index in [-0.39, 0.29) is 6.04 Å². The molecule has 1 unspecified atom stereocenters. The molecule has 0 amide bonds. The fraction of sp³-hybridized carbons (Fsp3) is 0.357. The molecule has 4 nitrogen and oxygen atoms in total. The standard InChI is InChI=1S/C14H19N3O/c1-10-3-4-13(14(18)7-10)11(2)16-6-5-12-8-15-9-17-12/h3-4,7-9,11,16,18H,5-6H2,1-2H3,(H,15,17). The highest BCUT2D eigenvalue weighted by Gasteiger charge is 2.09. The normalized spacial score (nSPS) is 12.6. The number of hydrogen-bond acceptors (Lipinski definition) is 3. The minimum atomic E-state index is 0.133. The topological polar surface area (TPSA) is 60.9 Å². The van der Waals surface area contributed by atoms with E-state index in [1.807, 2.05) is 25.3 Å². The molecule has 0 aliphatic carbocycles. The number of nitrogens with one attached hydrogen (secondary N) is 2. The number of nitrogens with zero attached hydrogens (tertiary/aromatic N) is 1. The van der Waals surface area contributed by atoms with Gasteiger partial charge in [-0.2, -0.15) is 0 Å². The van der Waals surface area contributed by atoms with Crippen LogP contribution in [0.4, 0.5) is 0 Å². The zero-order chi connectivity index (χ0) is 13.0. The third-order valence-corrected chi connectivity index (χ3v) is 3.05. The molecule has 3 N–H and O–H groups in total. The fourth-order valence-corrected chi connectivity index (χ4v) is 1.97. The summed E-state index contributed by atoms with van der Waals surface area (Å²) in [6, 6.07) is 5.91. The van der Waals surface area contributed by atoms with Crippen LogP contribution in [0.15, 0.2) is 30.7 Å². The molecule has 1 atom stereocenters. The Morgan fingerprint density at radius 1 is 1.44 bits per heavy atom. The molecule has 0 spiro atoms. The number of phenols is 1. The molecule has 1 aromatic heterocycles. The lowest BCUT2D eigenvalue weighted by Crippen LogP contribution is -2.21. The smallest absolute Gasteiger partial charge is 0.120 e. The Morgan fingerprint density at radius 2 is 2.28 bits per heavy atom. The van der Waals surface area contributed by atoms with Crippen molar-refractivity contribution in [1.82, 2.24) is 15.3 Å². The summed E-state index contributed by atoms with van der Waals surface area (Å²) < 4.78 is 0. The minimum absolute atomic E-state index is 0.133. The Morgan fingerprint density at radius 3 is 2.94 bits per heavy atom. The average Bonchev–Trinajstić information content (AvgIpc) is 2.81. The predicted molar refractivity (Wildman–Crippen MR) is 71.6 cm³/mol. The van der Waals surface area contributed by atoms with Gasteiger partial charge in [0.15, 0.2) is 0 Å². The van der Waals surface area contributed by atoms with Crippen LogP contribution in [0, 0.1) is 6.92 Å². The molecule has 0 aliphatic heterocycles. The number of rotatable bonds is 5. The molecule has 18 heavy (non-hydrogen) atoms. The lowest BCUT2D eigenvalue weighted by atomic mass is 10.0. The second-order valence-electron chi connectivity index (χ2n) is 4.56. The van der Waals surface area contributed by atoms with Crippen LogP contribution in [0.5, 0.6) is 5.75 Å². The number of phenolic OH excluding ortho intramolecular Hbond substituents is 1. The Labute approximate surface area is 107 Å². The molecular weight excluding hydrogens is 226 g/mol. The zero-order valence-electron chi connectivity index (χ0n) is 10.8. The van der Waals surface area contributed by atoms with Crippen LogP contribution in [-0.2, 0) is 6.42 Å². The Kier molecular flexibility index (Phi) is 3.99. The Hall–Kier alpha value is -1.81. The van der Waals surface area contributed by atoms with Crippen molar-refractivity contribution in [1.29, 1.82) is 0 Å². The molecule has 1 heterocycles. The van der Waals surface area contributed by atoms with Crippen molar-refractivity contribution < 1.29 is 5.11 Å². The Bertz CT molecular complexity index is 494. The van der Waals surface area contributed by atoms with Crippen LogP contribution in [0.1, 0.15) is 29.8 Å². The van der Waals surface area contributed by atoms with Crippen molar-refractivity contribution >= 4 is 0 Å². The first-order valence-electron chi connectivity index (χ1n) is 6.17. The van der Waals surface area contributed by atoms with Gasteiger partial charge in [-0.1, -0.05) is 12.1 Å². The highest BCUT2D eigenvalue weighted by molar-refractivity contribution is 5.37. The number of imidazole rings is 1. The first kappa shape index (κ1) is 12.6. The summed E-state index contributed by atoms with van der Waals surface area (Å²) in [5, 5.41) is 13.3. The van der Waals surface area contributed by atoms with E-state index in [0.717, 1.165) is 29.8 Å². The van der Waals surface area contributed by atoms with Gasteiger partial charge in [0.1, 0.15) is 5.75 Å². The van der Waals surface area contributed by atoms with Gasteiger partial charge < -0.3 is 15.4 Å². The summed E-state index contributed by atoms with van der Waals surface area (Å²) in [6.45, 7) is 4.87. The van der Waals surface area contributed by atoms with Crippen LogP contribution in [0.25, 0.3) is 0 Å². The monoisotopic (exact) mass is 245 g/mol. The van der Waals surface area contributed by atoms with Crippen LogP contribution < -0.4 is 5.32 Å². The molecule has 1 aromatic carbocycles. The van der Waals surface area contributed by atoms with Gasteiger partial charge in [-0.15, -0.1) is 0 Å². The quantitative estimate of drug-likeness (QED) is 0.757. The van der Waals surface area contributed by atoms with Gasteiger partial charge in [0.2, 0.25) is 0 Å². The maximum Gasteiger partial charge on any atom is 0.120 e. The van der Waals surface area contributed by atoms with Crippen LogP contribution in [0.3, 0.4) is 0 Å². The van der Waals surface area contributed by atoms with Gasteiger partial charge in [-0.25, -0.2) is 4.98 Å². The van der Waals surface area contributed by atoms with Crippen LogP contribution in [-0.4, -0.2) is 21.6 Å².